The molecule has 19 heteroatoms. The summed E-state index contributed by atoms with van der Waals surface area (Å²) in [4.78, 5) is 53.2. The van der Waals surface area contributed by atoms with Crippen molar-refractivity contribution in [2.75, 3.05) is 10.6 Å². The van der Waals surface area contributed by atoms with Gasteiger partial charge in [-0.05, 0) is 74.5 Å². The molecule has 0 bridgehead atoms. The number of nitriles is 2. The molecule has 0 heterocycles. The first-order valence-electron chi connectivity index (χ1n) is 17.4. The number of carbonyl (C=O) groups is 4. The molecule has 10 N–H and O–H groups in total. The van der Waals surface area contributed by atoms with Gasteiger partial charge in [0.05, 0.1) is 58.7 Å². The van der Waals surface area contributed by atoms with Gasteiger partial charge in [-0.2, -0.15) is 10.5 Å². The number of nitrogen functional groups attached to an aromatic ring is 1. The summed E-state index contributed by atoms with van der Waals surface area (Å²) in [6.07, 6.45) is 0.645. The molecule has 0 spiro atoms. The number of anilines is 2. The van der Waals surface area contributed by atoms with E-state index in [1.807, 2.05) is 17.6 Å². The Balaban J connectivity index is 0.000000351. The van der Waals surface area contributed by atoms with Crippen molar-refractivity contribution in [2.24, 2.45) is 5.84 Å². The molecule has 0 aliphatic rings. The predicted molar refractivity (Wildman–Crippen MR) is 231 cm³/mol. The Bertz CT molecular complexity index is 2430. The van der Waals surface area contributed by atoms with Crippen molar-refractivity contribution in [3.8, 4) is 12.1 Å². The molecule has 4 aromatic carbocycles. The first-order valence-corrected chi connectivity index (χ1v) is 18.2. The van der Waals surface area contributed by atoms with Crippen molar-refractivity contribution in [1.29, 1.82) is 10.5 Å². The number of carboxylic acid groups (broad SMARTS) is 1. The zero-order chi connectivity index (χ0) is 45.8. The number of aliphatic hydroxyl groups excluding tert-OH is 2. The average Bonchev–Trinajstić information content (AvgIpc) is 3.26. The van der Waals surface area contributed by atoms with Gasteiger partial charge in [-0.3, -0.25) is 30.7 Å². The van der Waals surface area contributed by atoms with E-state index in [1.54, 1.807) is 30.3 Å². The van der Waals surface area contributed by atoms with E-state index in [2.05, 4.69) is 44.3 Å². The average molecular weight is 866 g/mol. The van der Waals surface area contributed by atoms with E-state index in [1.165, 1.54) is 68.5 Å². The standard InChI is InChI=1S/C21H18ClN5O3.C13H13ClN2O3.C8H7N3O/c1-4-15-16(9-10-17(24-3)18(15)22)25-19(12(2)28)21(30)27-26-20(29)14-7-5-13(11-23)6-8-14;1-4-8-9(5-6-10(15-3)11(8)14)16-12(7(2)17)13(18)19;9-5-6-1-3-7(4-2-6)8(12)11-10/h4-10,12,19,25,28H,1H2,2H3,(H,26,29)(H,27,30);4-7,12,16-17H,1H2,2H3,(H,18,19);1-4H,10H2,(H,11,12)/t12?,19-;7?,12-;/m11./s1. The number of hydrogen-bond donors (Lipinski definition) is 9. The number of amides is 3. The van der Waals surface area contributed by atoms with E-state index < -0.39 is 42.1 Å². The Morgan fingerprint density at radius 3 is 1.43 bits per heavy atom. The lowest BCUT2D eigenvalue weighted by Crippen LogP contribution is -2.52. The summed E-state index contributed by atoms with van der Waals surface area (Å²) in [7, 11) is 0. The van der Waals surface area contributed by atoms with Crippen molar-refractivity contribution in [2.45, 2.75) is 38.1 Å². The highest BCUT2D eigenvalue weighted by Crippen LogP contribution is 2.36. The van der Waals surface area contributed by atoms with E-state index in [4.69, 9.17) is 57.8 Å². The second-order valence-corrected chi connectivity index (χ2v) is 13.0. The second kappa shape index (κ2) is 24.2. The topological polar surface area (TPSA) is 271 Å². The molecule has 0 saturated heterocycles. The molecule has 61 heavy (non-hydrogen) atoms. The molecular weight excluding hydrogens is 827 g/mol. The lowest BCUT2D eigenvalue weighted by molar-refractivity contribution is -0.140. The fraction of sp³-hybridized carbons (Fsp3) is 0.143. The van der Waals surface area contributed by atoms with Crippen molar-refractivity contribution >= 4 is 81.8 Å². The van der Waals surface area contributed by atoms with Gasteiger partial charge in [-0.1, -0.05) is 60.6 Å². The van der Waals surface area contributed by atoms with Crippen LogP contribution in [0.15, 0.2) is 86.0 Å². The van der Waals surface area contributed by atoms with Gasteiger partial charge < -0.3 is 26.0 Å². The van der Waals surface area contributed by atoms with Gasteiger partial charge >= 0.3 is 5.97 Å². The summed E-state index contributed by atoms with van der Waals surface area (Å²) in [6, 6.07) is 19.7. The number of nitrogens with two attached hydrogens (primary N) is 1. The molecule has 4 aromatic rings. The number of rotatable bonds is 12. The highest BCUT2D eigenvalue weighted by molar-refractivity contribution is 6.35. The van der Waals surface area contributed by atoms with Crippen LogP contribution in [-0.2, 0) is 9.59 Å². The summed E-state index contributed by atoms with van der Waals surface area (Å²) in [5.74, 6) is 2.07. The number of hydrazine groups is 2. The van der Waals surface area contributed by atoms with Crippen molar-refractivity contribution < 1.29 is 34.5 Å². The summed E-state index contributed by atoms with van der Waals surface area (Å²) in [5, 5.41) is 51.6. The number of nitrogens with one attached hydrogen (secondary N) is 5. The number of hydrogen-bond acceptors (Lipinski definition) is 11. The van der Waals surface area contributed by atoms with Crippen molar-refractivity contribution in [3.63, 3.8) is 0 Å². The molecule has 0 saturated carbocycles. The summed E-state index contributed by atoms with van der Waals surface area (Å²) in [5.41, 5.74) is 10.2. The van der Waals surface area contributed by atoms with Crippen LogP contribution in [0.5, 0.6) is 0 Å². The third-order valence-electron chi connectivity index (χ3n) is 8.09. The lowest BCUT2D eigenvalue weighted by Gasteiger charge is -2.23. The van der Waals surface area contributed by atoms with E-state index in [0.717, 1.165) is 0 Å². The first kappa shape index (κ1) is 49.4. The molecule has 0 fully saturated rings. The molecule has 0 aromatic heterocycles. The smallest absolute Gasteiger partial charge is 0.328 e. The van der Waals surface area contributed by atoms with Crippen LogP contribution in [0.4, 0.5) is 22.7 Å². The number of aliphatic hydroxyl groups is 2. The van der Waals surface area contributed by atoms with Gasteiger partial charge in [0.2, 0.25) is 11.4 Å². The van der Waals surface area contributed by atoms with Gasteiger partial charge in [-0.15, -0.1) is 0 Å². The maximum Gasteiger partial charge on any atom is 0.328 e. The molecule has 17 nitrogen and oxygen atoms in total. The molecule has 0 radical (unpaired) electrons. The molecule has 0 aliphatic heterocycles. The van der Waals surface area contributed by atoms with Crippen molar-refractivity contribution in [1.82, 2.24) is 16.3 Å². The highest BCUT2D eigenvalue weighted by Gasteiger charge is 2.26. The molecule has 2 unspecified atom stereocenters. The van der Waals surface area contributed by atoms with Gasteiger partial charge in [0.15, 0.2) is 6.04 Å². The van der Waals surface area contributed by atoms with Crippen LogP contribution < -0.4 is 32.8 Å². The normalized spacial score (nSPS) is 11.7. The third-order valence-corrected chi connectivity index (χ3v) is 8.88. The summed E-state index contributed by atoms with van der Waals surface area (Å²) < 4.78 is 0. The van der Waals surface area contributed by atoms with Crippen LogP contribution in [0.3, 0.4) is 0 Å². The van der Waals surface area contributed by atoms with Gasteiger partial charge in [0.1, 0.15) is 6.04 Å². The fourth-order valence-corrected chi connectivity index (χ4v) is 5.43. The summed E-state index contributed by atoms with van der Waals surface area (Å²) in [6.45, 7) is 24.1. The maximum atomic E-state index is 12.5. The van der Waals surface area contributed by atoms with E-state index >= 15 is 0 Å². The van der Waals surface area contributed by atoms with Crippen LogP contribution >= 0.6 is 23.2 Å². The molecule has 3 amide bonds. The zero-order valence-corrected chi connectivity index (χ0v) is 33.9. The maximum absolute atomic E-state index is 12.5. The number of halogens is 2. The first-order chi connectivity index (χ1) is 29.0. The van der Waals surface area contributed by atoms with Crippen LogP contribution in [0, 0.1) is 35.8 Å². The van der Waals surface area contributed by atoms with Crippen molar-refractivity contribution in [3.05, 3.63) is 152 Å². The Morgan fingerprint density at radius 2 is 1.10 bits per heavy atom. The van der Waals surface area contributed by atoms with Crippen LogP contribution in [0.1, 0.15) is 56.8 Å². The Labute approximate surface area is 360 Å². The van der Waals surface area contributed by atoms with E-state index in [-0.39, 0.29) is 32.9 Å². The minimum atomic E-state index is -1.18. The molecule has 4 rings (SSSR count). The number of benzene rings is 4. The minimum absolute atomic E-state index is 0.170. The Kier molecular flexibility index (Phi) is 19.6. The largest absolute Gasteiger partial charge is 0.480 e. The van der Waals surface area contributed by atoms with Crippen LogP contribution in [0.25, 0.3) is 21.8 Å². The van der Waals surface area contributed by atoms with E-state index in [9.17, 15) is 29.4 Å². The SMILES string of the molecule is N#Cc1ccc(C(=O)NN)cc1.[C-]#[N+]c1ccc(N[C@@H](C(=O)NNC(=O)c2ccc(C#N)cc2)C(C)O)c(C=C)c1Cl.[C-]#[N+]c1ccc(N[C@@H](C(=O)O)C(C)O)c(C=C)c1Cl. The molecular formula is C42H38Cl2N10O7. The van der Waals surface area contributed by atoms with Crippen LogP contribution in [-0.4, -0.2) is 63.3 Å². The molecule has 4 atom stereocenters. The molecule has 312 valence electrons. The monoisotopic (exact) mass is 864 g/mol. The zero-order valence-electron chi connectivity index (χ0n) is 32.4. The lowest BCUT2D eigenvalue weighted by atomic mass is 10.1. The second-order valence-electron chi connectivity index (χ2n) is 12.2. The van der Waals surface area contributed by atoms with Gasteiger partial charge in [0.25, 0.3) is 17.7 Å². The third kappa shape index (κ3) is 14.0. The molecule has 0 aliphatic carbocycles. The Hall–Kier alpha value is -7.74. The fourth-order valence-electron chi connectivity index (χ4n) is 4.86. The van der Waals surface area contributed by atoms with Crippen LogP contribution in [0.2, 0.25) is 10.0 Å². The number of nitrogens with zero attached hydrogens (tertiary/aromatic N) is 4. The summed E-state index contributed by atoms with van der Waals surface area (Å²) >= 11 is 12.2. The number of carbonyl (C=O) groups excluding carboxylic acids is 3. The predicted octanol–water partition coefficient (Wildman–Crippen LogP) is 5.97. The Morgan fingerprint density at radius 1 is 0.705 bits per heavy atom. The van der Waals surface area contributed by atoms with Gasteiger partial charge in [-0.25, -0.2) is 20.3 Å². The number of carboxylic acids is 1. The number of aliphatic carboxylic acids is 1. The highest BCUT2D eigenvalue weighted by atomic mass is 35.5. The van der Waals surface area contributed by atoms with E-state index in [0.29, 0.717) is 39.2 Å². The minimum Gasteiger partial charge on any atom is -0.480 e. The quantitative estimate of drug-likeness (QED) is 0.0345. The van der Waals surface area contributed by atoms with Gasteiger partial charge in [0, 0.05) is 33.6 Å².